The van der Waals surface area contributed by atoms with Crippen molar-refractivity contribution in [2.75, 3.05) is 0 Å². The Labute approximate surface area is 138 Å². The first kappa shape index (κ1) is 16.5. The van der Waals surface area contributed by atoms with Crippen LogP contribution in [-0.4, -0.2) is 42.9 Å². The molecule has 3 heterocycles. The second-order valence-electron chi connectivity index (χ2n) is 5.93. The fraction of sp³-hybridized carbons (Fsp3) is 0.600. The Morgan fingerprint density at radius 1 is 1.46 bits per heavy atom. The van der Waals surface area contributed by atoms with Crippen LogP contribution in [0.1, 0.15) is 41.0 Å². The van der Waals surface area contributed by atoms with Crippen molar-refractivity contribution >= 4 is 5.91 Å². The summed E-state index contributed by atoms with van der Waals surface area (Å²) in [6.45, 7) is 3.69. The highest BCUT2D eigenvalue weighted by atomic mass is 19.3. The van der Waals surface area contributed by atoms with Gasteiger partial charge in [-0.05, 0) is 13.3 Å². The molecule has 1 aliphatic heterocycles. The maximum absolute atomic E-state index is 12.4. The maximum Gasteiger partial charge on any atom is 0.257 e. The Morgan fingerprint density at radius 3 is 2.96 bits per heavy atom. The molecule has 0 radical (unpaired) electrons. The standard InChI is InChI=1S/C15H20F2N6O/c1-3-13-19-14-5-4-10(6-23(14)21-13)18-15(24)11-7-22(8-12(16)17)20-9(11)2/h7,10,12H,3-6,8H2,1-2H3,(H,18,24). The molecule has 7 nitrogen and oxygen atoms in total. The van der Waals surface area contributed by atoms with Crippen molar-refractivity contribution in [1.29, 1.82) is 0 Å². The molecular weight excluding hydrogens is 318 g/mol. The number of fused-ring (bicyclic) bond motifs is 1. The van der Waals surface area contributed by atoms with Crippen molar-refractivity contribution in [1.82, 2.24) is 29.9 Å². The van der Waals surface area contributed by atoms with E-state index in [9.17, 15) is 13.6 Å². The summed E-state index contributed by atoms with van der Waals surface area (Å²) in [7, 11) is 0. The number of carbonyl (C=O) groups is 1. The Kier molecular flexibility index (Phi) is 4.59. The first-order valence-corrected chi connectivity index (χ1v) is 8.02. The number of alkyl halides is 2. The maximum atomic E-state index is 12.4. The van der Waals surface area contributed by atoms with E-state index in [1.54, 1.807) is 6.92 Å². The van der Waals surface area contributed by atoms with E-state index in [0.717, 1.165) is 35.6 Å². The summed E-state index contributed by atoms with van der Waals surface area (Å²) < 4.78 is 27.8. The summed E-state index contributed by atoms with van der Waals surface area (Å²) in [4.78, 5) is 16.8. The van der Waals surface area contributed by atoms with Gasteiger partial charge in [-0.15, -0.1) is 0 Å². The number of nitrogens with one attached hydrogen (secondary N) is 1. The quantitative estimate of drug-likeness (QED) is 0.893. The second kappa shape index (κ2) is 6.66. The summed E-state index contributed by atoms with van der Waals surface area (Å²) in [5.74, 6) is 1.46. The van der Waals surface area contributed by atoms with Crippen molar-refractivity contribution < 1.29 is 13.6 Å². The lowest BCUT2D eigenvalue weighted by Crippen LogP contribution is -2.41. The van der Waals surface area contributed by atoms with Crippen LogP contribution < -0.4 is 5.32 Å². The van der Waals surface area contributed by atoms with Gasteiger partial charge in [0.1, 0.15) is 12.4 Å². The fourth-order valence-electron chi connectivity index (χ4n) is 2.87. The number of amides is 1. The molecule has 2 aromatic rings. The average molecular weight is 338 g/mol. The monoisotopic (exact) mass is 338 g/mol. The highest BCUT2D eigenvalue weighted by molar-refractivity contribution is 5.95. The SMILES string of the molecule is CCc1nc2n(n1)CC(NC(=O)c1cn(CC(F)F)nc1C)CC2. The van der Waals surface area contributed by atoms with E-state index in [0.29, 0.717) is 17.8 Å². The van der Waals surface area contributed by atoms with Crippen LogP contribution in [0.4, 0.5) is 8.78 Å². The van der Waals surface area contributed by atoms with Gasteiger partial charge in [0.05, 0.1) is 17.8 Å². The predicted octanol–water partition coefficient (Wildman–Crippen LogP) is 1.36. The van der Waals surface area contributed by atoms with Crippen LogP contribution in [0.5, 0.6) is 0 Å². The lowest BCUT2D eigenvalue weighted by atomic mass is 10.1. The molecule has 24 heavy (non-hydrogen) atoms. The van der Waals surface area contributed by atoms with Gasteiger partial charge in [0, 0.05) is 25.1 Å². The summed E-state index contributed by atoms with van der Waals surface area (Å²) in [5.41, 5.74) is 0.771. The van der Waals surface area contributed by atoms with Crippen molar-refractivity contribution in [2.24, 2.45) is 0 Å². The van der Waals surface area contributed by atoms with Gasteiger partial charge in [0.2, 0.25) is 0 Å². The van der Waals surface area contributed by atoms with Crippen LogP contribution in [0, 0.1) is 6.92 Å². The van der Waals surface area contributed by atoms with Gasteiger partial charge in [-0.1, -0.05) is 6.92 Å². The number of halogens is 2. The van der Waals surface area contributed by atoms with Gasteiger partial charge < -0.3 is 5.32 Å². The van der Waals surface area contributed by atoms with Gasteiger partial charge in [-0.2, -0.15) is 10.2 Å². The minimum atomic E-state index is -2.50. The highest BCUT2D eigenvalue weighted by Crippen LogP contribution is 2.15. The third-order valence-corrected chi connectivity index (χ3v) is 4.07. The molecular formula is C15H20F2N6O. The third kappa shape index (κ3) is 3.44. The Bertz CT molecular complexity index is 738. The number of hydrogen-bond acceptors (Lipinski definition) is 4. The molecule has 0 fully saturated rings. The third-order valence-electron chi connectivity index (χ3n) is 4.07. The van der Waals surface area contributed by atoms with Crippen molar-refractivity contribution in [3.05, 3.63) is 29.1 Å². The van der Waals surface area contributed by atoms with E-state index < -0.39 is 13.0 Å². The van der Waals surface area contributed by atoms with E-state index in [4.69, 9.17) is 0 Å². The van der Waals surface area contributed by atoms with Gasteiger partial charge in [0.25, 0.3) is 12.3 Å². The predicted molar refractivity (Wildman–Crippen MR) is 81.9 cm³/mol. The second-order valence-corrected chi connectivity index (χ2v) is 5.93. The molecule has 0 bridgehead atoms. The lowest BCUT2D eigenvalue weighted by Gasteiger charge is -2.23. The van der Waals surface area contributed by atoms with E-state index in [-0.39, 0.29) is 11.9 Å². The topological polar surface area (TPSA) is 77.6 Å². The molecule has 1 unspecified atom stereocenters. The zero-order valence-corrected chi connectivity index (χ0v) is 13.7. The zero-order chi connectivity index (χ0) is 17.3. The molecule has 1 aliphatic rings. The van der Waals surface area contributed by atoms with E-state index >= 15 is 0 Å². The summed E-state index contributed by atoms with van der Waals surface area (Å²) in [6.07, 6.45) is 1.17. The number of aromatic nitrogens is 5. The normalized spacial score (nSPS) is 17.1. The molecule has 3 rings (SSSR count). The average Bonchev–Trinajstić information content (AvgIpc) is 3.09. The molecule has 0 aromatic carbocycles. The lowest BCUT2D eigenvalue weighted by molar-refractivity contribution is 0.0924. The minimum absolute atomic E-state index is 0.0609. The molecule has 9 heteroatoms. The largest absolute Gasteiger partial charge is 0.347 e. The molecule has 2 aromatic heterocycles. The van der Waals surface area contributed by atoms with Crippen LogP contribution in [-0.2, 0) is 25.9 Å². The summed E-state index contributed by atoms with van der Waals surface area (Å²) in [5, 5.41) is 11.3. The van der Waals surface area contributed by atoms with Crippen molar-refractivity contribution in [3.8, 4) is 0 Å². The van der Waals surface area contributed by atoms with Crippen LogP contribution in [0.25, 0.3) is 0 Å². The summed E-state index contributed by atoms with van der Waals surface area (Å²) >= 11 is 0. The van der Waals surface area contributed by atoms with Crippen LogP contribution >= 0.6 is 0 Å². The number of aryl methyl sites for hydroxylation is 3. The van der Waals surface area contributed by atoms with Crippen LogP contribution in [0.3, 0.4) is 0 Å². The molecule has 1 atom stereocenters. The van der Waals surface area contributed by atoms with E-state index in [1.807, 2.05) is 11.6 Å². The number of hydrogen-bond donors (Lipinski definition) is 1. The van der Waals surface area contributed by atoms with Crippen LogP contribution in [0.2, 0.25) is 0 Å². The Morgan fingerprint density at radius 2 is 2.25 bits per heavy atom. The number of carbonyl (C=O) groups excluding carboxylic acids is 1. The van der Waals surface area contributed by atoms with Gasteiger partial charge in [-0.3, -0.25) is 9.48 Å². The van der Waals surface area contributed by atoms with Gasteiger partial charge >= 0.3 is 0 Å². The smallest absolute Gasteiger partial charge is 0.257 e. The first-order valence-electron chi connectivity index (χ1n) is 8.02. The van der Waals surface area contributed by atoms with Crippen molar-refractivity contribution in [2.45, 2.75) is 58.7 Å². The van der Waals surface area contributed by atoms with Gasteiger partial charge in [-0.25, -0.2) is 18.4 Å². The molecule has 130 valence electrons. The van der Waals surface area contributed by atoms with Gasteiger partial charge in [0.15, 0.2) is 5.82 Å². The molecule has 0 saturated heterocycles. The Hall–Kier alpha value is -2.32. The van der Waals surface area contributed by atoms with E-state index in [1.165, 1.54) is 6.20 Å². The van der Waals surface area contributed by atoms with E-state index in [2.05, 4.69) is 20.5 Å². The Balaban J connectivity index is 1.66. The molecule has 1 N–H and O–H groups in total. The minimum Gasteiger partial charge on any atom is -0.347 e. The molecule has 1 amide bonds. The molecule has 0 aliphatic carbocycles. The zero-order valence-electron chi connectivity index (χ0n) is 13.7. The number of nitrogens with zero attached hydrogens (tertiary/aromatic N) is 5. The molecule has 0 spiro atoms. The van der Waals surface area contributed by atoms with Crippen molar-refractivity contribution in [3.63, 3.8) is 0 Å². The first-order chi connectivity index (χ1) is 11.5. The molecule has 0 saturated carbocycles. The summed E-state index contributed by atoms with van der Waals surface area (Å²) in [6, 6.07) is -0.0609. The fourth-order valence-corrected chi connectivity index (χ4v) is 2.87. The highest BCUT2D eigenvalue weighted by Gasteiger charge is 2.24. The number of rotatable bonds is 5. The van der Waals surface area contributed by atoms with Crippen LogP contribution in [0.15, 0.2) is 6.20 Å².